The first kappa shape index (κ1) is 13.3. The van der Waals surface area contributed by atoms with E-state index >= 15 is 0 Å². The smallest absolute Gasteiger partial charge is 0.226 e. The van der Waals surface area contributed by atoms with Crippen LogP contribution in [0.3, 0.4) is 0 Å². The van der Waals surface area contributed by atoms with E-state index < -0.39 is 0 Å². The zero-order chi connectivity index (χ0) is 13.9. The van der Waals surface area contributed by atoms with Crippen LogP contribution < -0.4 is 0 Å². The van der Waals surface area contributed by atoms with Crippen LogP contribution in [-0.4, -0.2) is 15.2 Å². The fraction of sp³-hybridized carbons (Fsp3) is 0.154. The van der Waals surface area contributed by atoms with Crippen molar-refractivity contribution in [2.45, 2.75) is 17.0 Å². The highest BCUT2D eigenvalue weighted by Crippen LogP contribution is 2.26. The maximum absolute atomic E-state index is 12.9. The van der Waals surface area contributed by atoms with Gasteiger partial charge in [0.15, 0.2) is 4.34 Å². The maximum Gasteiger partial charge on any atom is 0.226 e. The molecule has 0 atom stereocenters. The molecule has 7 heteroatoms. The van der Waals surface area contributed by atoms with Crippen LogP contribution >= 0.6 is 23.1 Å². The summed E-state index contributed by atoms with van der Waals surface area (Å²) in [4.78, 5) is 4.38. The first-order chi connectivity index (χ1) is 9.70. The van der Waals surface area contributed by atoms with Crippen molar-refractivity contribution >= 4 is 23.1 Å². The molecule has 0 spiro atoms. The summed E-state index contributed by atoms with van der Waals surface area (Å²) in [6.07, 6.45) is 1.61. The van der Waals surface area contributed by atoms with Gasteiger partial charge in [0.25, 0.3) is 0 Å². The topological polar surface area (TPSA) is 51.8 Å². The third-order valence-electron chi connectivity index (χ3n) is 2.49. The maximum atomic E-state index is 12.9. The van der Waals surface area contributed by atoms with Gasteiger partial charge in [0.1, 0.15) is 17.1 Å². The van der Waals surface area contributed by atoms with Gasteiger partial charge in [-0.25, -0.2) is 9.37 Å². The lowest BCUT2D eigenvalue weighted by Crippen LogP contribution is -1.82. The van der Waals surface area contributed by atoms with Crippen LogP contribution in [0.15, 0.2) is 39.3 Å². The Morgan fingerprint density at radius 3 is 2.75 bits per heavy atom. The molecular weight excluding hydrogens is 297 g/mol. The number of thioether (sulfide) groups is 1. The second-order valence-electron chi connectivity index (χ2n) is 4.03. The highest BCUT2D eigenvalue weighted by Gasteiger charge is 2.08. The van der Waals surface area contributed by atoms with Crippen molar-refractivity contribution < 1.29 is 8.81 Å². The summed E-state index contributed by atoms with van der Waals surface area (Å²) in [7, 11) is 0. The van der Waals surface area contributed by atoms with E-state index in [4.69, 9.17) is 4.42 Å². The van der Waals surface area contributed by atoms with Crippen LogP contribution in [-0.2, 0) is 5.75 Å². The number of hydrogen-bond donors (Lipinski definition) is 0. The Balaban J connectivity index is 1.69. The Morgan fingerprint density at radius 1 is 1.25 bits per heavy atom. The van der Waals surface area contributed by atoms with E-state index in [0.29, 0.717) is 11.6 Å². The van der Waals surface area contributed by atoms with E-state index in [1.165, 1.54) is 12.1 Å². The molecule has 0 aliphatic rings. The lowest BCUT2D eigenvalue weighted by Gasteiger charge is -1.94. The molecule has 3 aromatic rings. The average Bonchev–Trinajstić information content (AvgIpc) is 3.06. The molecular formula is C13H10FN3OS2. The van der Waals surface area contributed by atoms with E-state index in [9.17, 15) is 4.39 Å². The molecule has 4 nitrogen and oxygen atoms in total. The van der Waals surface area contributed by atoms with E-state index in [1.807, 2.05) is 6.92 Å². The van der Waals surface area contributed by atoms with E-state index in [2.05, 4.69) is 15.2 Å². The molecule has 0 aliphatic heterocycles. The monoisotopic (exact) mass is 307 g/mol. The summed E-state index contributed by atoms with van der Waals surface area (Å²) in [6.45, 7) is 1.92. The van der Waals surface area contributed by atoms with Crippen LogP contribution in [0, 0.1) is 12.7 Å². The van der Waals surface area contributed by atoms with E-state index in [1.54, 1.807) is 41.5 Å². The Hall–Kier alpha value is -1.73. The second-order valence-corrected chi connectivity index (χ2v) is 6.43. The molecule has 1 aromatic carbocycles. The number of aryl methyl sites for hydroxylation is 1. The molecule has 3 rings (SSSR count). The fourth-order valence-electron chi connectivity index (χ4n) is 1.57. The largest absolute Gasteiger partial charge is 0.444 e. The van der Waals surface area contributed by atoms with Gasteiger partial charge in [-0.3, -0.25) is 0 Å². The van der Waals surface area contributed by atoms with Crippen LogP contribution in [0.2, 0.25) is 0 Å². The molecule has 20 heavy (non-hydrogen) atoms. The number of benzene rings is 1. The van der Waals surface area contributed by atoms with Crippen molar-refractivity contribution in [3.05, 3.63) is 47.0 Å². The lowest BCUT2D eigenvalue weighted by atomic mass is 10.2. The molecule has 0 unspecified atom stereocenters. The van der Waals surface area contributed by atoms with E-state index in [0.717, 1.165) is 20.6 Å². The van der Waals surface area contributed by atoms with Gasteiger partial charge in [0.2, 0.25) is 5.89 Å². The van der Waals surface area contributed by atoms with Crippen molar-refractivity contribution in [1.29, 1.82) is 0 Å². The number of oxazole rings is 1. The van der Waals surface area contributed by atoms with Crippen molar-refractivity contribution in [2.75, 3.05) is 0 Å². The second kappa shape index (κ2) is 5.72. The predicted octanol–water partition coefficient (Wildman–Crippen LogP) is 3.93. The predicted molar refractivity (Wildman–Crippen MR) is 76.1 cm³/mol. The summed E-state index contributed by atoms with van der Waals surface area (Å²) < 4.78 is 19.2. The molecule has 2 aromatic heterocycles. The van der Waals surface area contributed by atoms with Gasteiger partial charge in [-0.1, -0.05) is 23.1 Å². The minimum absolute atomic E-state index is 0.275. The minimum atomic E-state index is -0.275. The van der Waals surface area contributed by atoms with Crippen LogP contribution in [0.1, 0.15) is 10.7 Å². The first-order valence-corrected chi connectivity index (χ1v) is 7.64. The third kappa shape index (κ3) is 3.05. The summed E-state index contributed by atoms with van der Waals surface area (Å²) in [5.41, 5.74) is 1.58. The highest BCUT2D eigenvalue weighted by molar-refractivity contribution is 8.00. The molecule has 0 saturated carbocycles. The van der Waals surface area contributed by atoms with Gasteiger partial charge in [0.05, 0.1) is 5.69 Å². The van der Waals surface area contributed by atoms with E-state index in [-0.39, 0.29) is 5.82 Å². The van der Waals surface area contributed by atoms with Gasteiger partial charge < -0.3 is 4.42 Å². The third-order valence-corrected chi connectivity index (χ3v) is 4.50. The summed E-state index contributed by atoms with van der Waals surface area (Å²) in [5.74, 6) is 0.885. The Labute approximate surface area is 123 Å². The average molecular weight is 307 g/mol. The number of halogens is 1. The first-order valence-electron chi connectivity index (χ1n) is 5.84. The molecule has 0 fully saturated rings. The highest BCUT2D eigenvalue weighted by atomic mass is 32.2. The van der Waals surface area contributed by atoms with Crippen LogP contribution in [0.4, 0.5) is 4.39 Å². The van der Waals surface area contributed by atoms with Crippen molar-refractivity contribution in [1.82, 2.24) is 15.2 Å². The molecule has 0 amide bonds. The van der Waals surface area contributed by atoms with Crippen LogP contribution in [0.25, 0.3) is 11.5 Å². The van der Waals surface area contributed by atoms with Gasteiger partial charge in [-0.15, -0.1) is 10.2 Å². The lowest BCUT2D eigenvalue weighted by molar-refractivity contribution is 0.573. The molecule has 0 saturated heterocycles. The van der Waals surface area contributed by atoms with Gasteiger partial charge in [-0.2, -0.15) is 0 Å². The number of rotatable bonds is 4. The number of nitrogens with zero attached hydrogens (tertiary/aromatic N) is 3. The van der Waals surface area contributed by atoms with Gasteiger partial charge in [-0.05, 0) is 31.2 Å². The van der Waals surface area contributed by atoms with Gasteiger partial charge in [0, 0.05) is 11.3 Å². The number of hydrogen-bond acceptors (Lipinski definition) is 6. The summed E-state index contributed by atoms with van der Waals surface area (Å²) in [6, 6.07) is 6.06. The van der Waals surface area contributed by atoms with Crippen molar-refractivity contribution in [3.63, 3.8) is 0 Å². The summed E-state index contributed by atoms with van der Waals surface area (Å²) >= 11 is 3.12. The Morgan fingerprint density at radius 2 is 2.05 bits per heavy atom. The fourth-order valence-corrected chi connectivity index (χ4v) is 3.26. The minimum Gasteiger partial charge on any atom is -0.444 e. The zero-order valence-electron chi connectivity index (χ0n) is 10.5. The molecule has 0 N–H and O–H groups in total. The standard InChI is InChI=1S/C13H10FN3OS2/c1-8-16-17-13(20-8)19-7-11-6-18-12(15-11)9-2-4-10(14)5-3-9/h2-6H,7H2,1H3. The van der Waals surface area contributed by atoms with Crippen LogP contribution in [0.5, 0.6) is 0 Å². The normalized spacial score (nSPS) is 10.9. The molecule has 102 valence electrons. The molecule has 2 heterocycles. The van der Waals surface area contributed by atoms with Crippen molar-refractivity contribution in [2.24, 2.45) is 0 Å². The Bertz CT molecular complexity index is 708. The number of aromatic nitrogens is 3. The Kier molecular flexibility index (Phi) is 3.79. The zero-order valence-corrected chi connectivity index (χ0v) is 12.2. The SMILES string of the molecule is Cc1nnc(SCc2coc(-c3ccc(F)cc3)n2)s1. The molecule has 0 aliphatic carbocycles. The molecule has 0 bridgehead atoms. The van der Waals surface area contributed by atoms with Crippen molar-refractivity contribution in [3.8, 4) is 11.5 Å². The quantitative estimate of drug-likeness (QED) is 0.683. The van der Waals surface area contributed by atoms with Gasteiger partial charge >= 0.3 is 0 Å². The summed E-state index contributed by atoms with van der Waals surface area (Å²) in [5, 5.41) is 8.94. The molecule has 0 radical (unpaired) electrons.